The smallest absolute Gasteiger partial charge is 0.444 e. The van der Waals surface area contributed by atoms with E-state index in [2.05, 4.69) is 27.8 Å². The molecular formula is C30H37N7O7. The molecule has 0 saturated heterocycles. The molecule has 5 rings (SSSR count). The van der Waals surface area contributed by atoms with Gasteiger partial charge in [-0.15, -0.1) is 20.3 Å². The summed E-state index contributed by atoms with van der Waals surface area (Å²) >= 11 is 0. The molecule has 3 aliphatic rings. The summed E-state index contributed by atoms with van der Waals surface area (Å²) in [7, 11) is 0. The van der Waals surface area contributed by atoms with Crippen molar-refractivity contribution in [2.45, 2.75) is 64.0 Å². The zero-order chi connectivity index (χ0) is 30.9. The lowest BCUT2D eigenvalue weighted by molar-refractivity contribution is -0.758. The fourth-order valence-corrected chi connectivity index (χ4v) is 5.60. The largest absolute Gasteiger partial charge is 0.449 e. The molecule has 0 unspecified atom stereocenters. The Labute approximate surface area is 255 Å². The Kier molecular flexibility index (Phi) is 9.89. The van der Waals surface area contributed by atoms with Crippen molar-refractivity contribution in [3.05, 3.63) is 69.8 Å². The van der Waals surface area contributed by atoms with Gasteiger partial charge in [0, 0.05) is 12.0 Å². The first kappa shape index (κ1) is 30.7. The third kappa shape index (κ3) is 7.08. The van der Waals surface area contributed by atoms with Gasteiger partial charge in [0.1, 0.15) is 24.6 Å². The van der Waals surface area contributed by atoms with Crippen LogP contribution in [0.3, 0.4) is 0 Å². The van der Waals surface area contributed by atoms with Crippen LogP contribution in [0.4, 0.5) is 4.79 Å². The van der Waals surface area contributed by atoms with Gasteiger partial charge < -0.3 is 14.3 Å². The molecule has 1 spiro atoms. The first-order chi connectivity index (χ1) is 21.4. The number of nitrogens with zero attached hydrogens (tertiary/aromatic N) is 5. The van der Waals surface area contributed by atoms with Crippen molar-refractivity contribution in [2.24, 2.45) is 10.1 Å². The van der Waals surface area contributed by atoms with Gasteiger partial charge in [0.15, 0.2) is 5.84 Å². The fraction of sp³-hybridized carbons (Fsp3) is 0.467. The maximum absolute atomic E-state index is 13.5. The van der Waals surface area contributed by atoms with E-state index >= 15 is 0 Å². The van der Waals surface area contributed by atoms with Crippen molar-refractivity contribution in [2.75, 3.05) is 26.4 Å². The lowest BCUT2D eigenvalue weighted by Gasteiger charge is -2.23. The second kappa shape index (κ2) is 14.2. The predicted molar refractivity (Wildman–Crippen MR) is 160 cm³/mol. The summed E-state index contributed by atoms with van der Waals surface area (Å²) < 4.78 is 10.3. The van der Waals surface area contributed by atoms with E-state index in [-0.39, 0.29) is 32.3 Å². The SMILES string of the molecule is CCCCC1=NC2(CCCC2)C(=O)N1Cc1ccc(-c2ccccc2C2=NNN(C(=O)OCCOCCO[N+](=O)[O-])N2)cc1. The maximum atomic E-state index is 13.5. The van der Waals surface area contributed by atoms with E-state index in [4.69, 9.17) is 14.5 Å². The van der Waals surface area contributed by atoms with Crippen molar-refractivity contribution < 1.29 is 29.0 Å². The molecule has 2 heterocycles. The van der Waals surface area contributed by atoms with Crippen LogP contribution in [-0.4, -0.2) is 70.7 Å². The van der Waals surface area contributed by atoms with Crippen LogP contribution < -0.4 is 11.0 Å². The van der Waals surface area contributed by atoms with Crippen LogP contribution in [0.25, 0.3) is 11.1 Å². The molecule has 1 saturated carbocycles. The van der Waals surface area contributed by atoms with Gasteiger partial charge in [0.2, 0.25) is 0 Å². The van der Waals surface area contributed by atoms with Gasteiger partial charge in [-0.1, -0.05) is 74.7 Å². The van der Waals surface area contributed by atoms with Crippen molar-refractivity contribution >= 4 is 23.7 Å². The molecule has 2 aromatic carbocycles. The van der Waals surface area contributed by atoms with Gasteiger partial charge in [0.25, 0.3) is 11.0 Å². The number of hydrogen-bond donors (Lipinski definition) is 2. The highest BCUT2D eigenvalue weighted by molar-refractivity contribution is 6.08. The van der Waals surface area contributed by atoms with Crippen molar-refractivity contribution in [3.8, 4) is 11.1 Å². The van der Waals surface area contributed by atoms with Gasteiger partial charge in [0.05, 0.1) is 19.8 Å². The van der Waals surface area contributed by atoms with Crippen molar-refractivity contribution in [1.82, 2.24) is 21.0 Å². The Morgan fingerprint density at radius 2 is 1.77 bits per heavy atom. The van der Waals surface area contributed by atoms with E-state index in [9.17, 15) is 19.7 Å². The summed E-state index contributed by atoms with van der Waals surface area (Å²) in [6.07, 6.45) is 5.93. The van der Waals surface area contributed by atoms with E-state index < -0.39 is 16.7 Å². The van der Waals surface area contributed by atoms with Gasteiger partial charge >= 0.3 is 6.09 Å². The number of hydrazine groups is 2. The second-order valence-corrected chi connectivity index (χ2v) is 10.8. The predicted octanol–water partition coefficient (Wildman–Crippen LogP) is 3.95. The number of hydrogen-bond acceptors (Lipinski definition) is 11. The van der Waals surface area contributed by atoms with Crippen LogP contribution in [0, 0.1) is 10.1 Å². The molecular weight excluding hydrogens is 570 g/mol. The van der Waals surface area contributed by atoms with Crippen LogP contribution >= 0.6 is 0 Å². The standard InChI is InChI=1S/C30H37N7O7/c1-2-3-10-26-31-30(15-6-7-16-30)28(38)35(26)21-22-11-13-23(14-12-22)24-8-4-5-9-25(24)27-32-34-36(33-27)29(39)43-19-17-42-18-20-44-37(40)41/h4-5,8-9,11-14,34H,2-3,6-7,10,15-21H2,1H3,(H,32,33). The Morgan fingerprint density at radius 3 is 2.50 bits per heavy atom. The molecule has 44 heavy (non-hydrogen) atoms. The molecule has 0 bridgehead atoms. The number of hydrazone groups is 1. The Morgan fingerprint density at radius 1 is 1.05 bits per heavy atom. The molecule has 2 N–H and O–H groups in total. The average molecular weight is 608 g/mol. The number of carbonyl (C=O) groups excluding carboxylic acids is 2. The van der Waals surface area contributed by atoms with Crippen molar-refractivity contribution in [3.63, 3.8) is 0 Å². The quantitative estimate of drug-likeness (QED) is 0.184. The van der Waals surface area contributed by atoms with Gasteiger partial charge in [-0.25, -0.2) is 4.79 Å². The number of benzene rings is 2. The molecule has 14 heteroatoms. The number of carbonyl (C=O) groups is 2. The summed E-state index contributed by atoms with van der Waals surface area (Å²) in [5.41, 5.74) is 8.61. The van der Waals surface area contributed by atoms with E-state index in [0.717, 1.165) is 78.2 Å². The number of amides is 2. The van der Waals surface area contributed by atoms with Crippen molar-refractivity contribution in [1.29, 1.82) is 0 Å². The van der Waals surface area contributed by atoms with Crippen LogP contribution in [0.2, 0.25) is 0 Å². The zero-order valence-electron chi connectivity index (χ0n) is 24.7. The fourth-order valence-electron chi connectivity index (χ4n) is 5.60. The lowest BCUT2D eigenvalue weighted by atomic mass is 9.97. The number of aliphatic imine (C=N–C) groups is 1. The molecule has 0 atom stereocenters. The summed E-state index contributed by atoms with van der Waals surface area (Å²) in [5.74, 6) is 1.49. The molecule has 2 aromatic rings. The Bertz CT molecular complexity index is 1410. The molecule has 2 amide bonds. The minimum atomic E-state index is -0.902. The Balaban J connectivity index is 1.18. The maximum Gasteiger partial charge on any atom is 0.449 e. The van der Waals surface area contributed by atoms with Crippen LogP contribution in [0.5, 0.6) is 0 Å². The van der Waals surface area contributed by atoms with Crippen LogP contribution in [-0.2, 0) is 25.7 Å². The number of amidine groups is 2. The summed E-state index contributed by atoms with van der Waals surface area (Å²) in [5, 5.41) is 14.5. The van der Waals surface area contributed by atoms with Crippen LogP contribution in [0.1, 0.15) is 63.0 Å². The highest BCUT2D eigenvalue weighted by Gasteiger charge is 2.49. The highest BCUT2D eigenvalue weighted by Crippen LogP contribution is 2.40. The minimum absolute atomic E-state index is 0.00486. The number of unbranched alkanes of at least 4 members (excludes halogenated alkanes) is 1. The second-order valence-electron chi connectivity index (χ2n) is 10.8. The molecule has 1 fully saturated rings. The summed E-state index contributed by atoms with van der Waals surface area (Å²) in [6.45, 7) is 2.42. The van der Waals surface area contributed by atoms with Crippen LogP contribution in [0.15, 0.2) is 58.6 Å². The van der Waals surface area contributed by atoms with Gasteiger partial charge in [-0.05, 0) is 36.0 Å². The lowest BCUT2D eigenvalue weighted by Crippen LogP contribution is -2.46. The molecule has 0 radical (unpaired) electrons. The molecule has 14 nitrogen and oxygen atoms in total. The van der Waals surface area contributed by atoms with E-state index in [1.807, 2.05) is 53.4 Å². The monoisotopic (exact) mass is 607 g/mol. The average Bonchev–Trinajstić information content (AvgIpc) is 3.77. The van der Waals surface area contributed by atoms with Gasteiger partial charge in [-0.3, -0.25) is 20.1 Å². The number of nitrogens with one attached hydrogen (secondary N) is 2. The number of rotatable bonds is 14. The third-order valence-electron chi connectivity index (χ3n) is 7.81. The number of ether oxygens (including phenoxy) is 2. The third-order valence-corrected chi connectivity index (χ3v) is 7.81. The Hall–Kier alpha value is -4.72. The first-order valence-electron chi connectivity index (χ1n) is 14.9. The normalized spacial score (nSPS) is 16.9. The summed E-state index contributed by atoms with van der Waals surface area (Å²) in [4.78, 5) is 47.1. The van der Waals surface area contributed by atoms with Gasteiger partial charge in [-0.2, -0.15) is 5.53 Å². The molecule has 234 valence electrons. The molecule has 1 aliphatic carbocycles. The highest BCUT2D eigenvalue weighted by atomic mass is 17.0. The minimum Gasteiger partial charge on any atom is -0.444 e. The summed E-state index contributed by atoms with van der Waals surface area (Å²) in [6, 6.07) is 15.8. The molecule has 0 aromatic heterocycles. The van der Waals surface area contributed by atoms with E-state index in [1.54, 1.807) is 0 Å². The molecule has 2 aliphatic heterocycles. The van der Waals surface area contributed by atoms with E-state index in [1.165, 1.54) is 0 Å². The first-order valence-corrected chi connectivity index (χ1v) is 14.9. The zero-order valence-corrected chi connectivity index (χ0v) is 24.7. The topological polar surface area (TPSA) is 160 Å². The van der Waals surface area contributed by atoms with E-state index in [0.29, 0.717) is 12.4 Å².